The van der Waals surface area contributed by atoms with Crippen LogP contribution >= 0.6 is 23.2 Å². The summed E-state index contributed by atoms with van der Waals surface area (Å²) < 4.78 is 0. The maximum Gasteiger partial charge on any atom is 0.228 e. The van der Waals surface area contributed by atoms with Gasteiger partial charge in [0.2, 0.25) is 11.8 Å². The predicted molar refractivity (Wildman–Crippen MR) is 99.8 cm³/mol. The van der Waals surface area contributed by atoms with Crippen molar-refractivity contribution >= 4 is 40.7 Å². The summed E-state index contributed by atoms with van der Waals surface area (Å²) in [4.78, 5) is 24.3. The van der Waals surface area contributed by atoms with Crippen LogP contribution in [0.1, 0.15) is 12.0 Å². The Balaban J connectivity index is 1.44. The summed E-state index contributed by atoms with van der Waals surface area (Å²) in [6, 6.07) is 14.9. The Morgan fingerprint density at radius 1 is 0.960 bits per heavy atom. The monoisotopic (exact) mass is 376 g/mol. The van der Waals surface area contributed by atoms with Gasteiger partial charge in [0.1, 0.15) is 0 Å². The van der Waals surface area contributed by atoms with E-state index in [9.17, 15) is 9.59 Å². The highest BCUT2D eigenvalue weighted by Crippen LogP contribution is 2.39. The van der Waals surface area contributed by atoms with Crippen molar-refractivity contribution in [1.29, 1.82) is 0 Å². The van der Waals surface area contributed by atoms with Crippen LogP contribution < -0.4 is 10.6 Å². The lowest BCUT2D eigenvalue weighted by atomic mass is 10.1. The van der Waals surface area contributed by atoms with Crippen LogP contribution in [-0.2, 0) is 16.0 Å². The molecule has 4 nitrogen and oxygen atoms in total. The van der Waals surface area contributed by atoms with E-state index in [0.29, 0.717) is 28.7 Å². The molecule has 2 atom stereocenters. The molecule has 0 heterocycles. The fourth-order valence-corrected chi connectivity index (χ4v) is 2.99. The Labute approximate surface area is 156 Å². The van der Waals surface area contributed by atoms with Crippen molar-refractivity contribution in [3.8, 4) is 0 Å². The lowest BCUT2D eigenvalue weighted by Gasteiger charge is -2.07. The van der Waals surface area contributed by atoms with Crippen LogP contribution in [0.5, 0.6) is 0 Å². The van der Waals surface area contributed by atoms with Gasteiger partial charge in [-0.2, -0.15) is 0 Å². The van der Waals surface area contributed by atoms with Crippen LogP contribution in [0.25, 0.3) is 0 Å². The maximum atomic E-state index is 12.2. The van der Waals surface area contributed by atoms with E-state index in [4.69, 9.17) is 23.2 Å². The first-order chi connectivity index (χ1) is 12.0. The summed E-state index contributed by atoms with van der Waals surface area (Å²) >= 11 is 11.8. The van der Waals surface area contributed by atoms with Crippen molar-refractivity contribution in [2.75, 3.05) is 11.9 Å². The molecule has 1 aliphatic rings. The summed E-state index contributed by atoms with van der Waals surface area (Å²) in [5.74, 6) is -0.767. The van der Waals surface area contributed by atoms with Crippen LogP contribution in [0.4, 0.5) is 5.69 Å². The highest BCUT2D eigenvalue weighted by Gasteiger charge is 2.47. The van der Waals surface area contributed by atoms with E-state index in [2.05, 4.69) is 10.6 Å². The molecule has 2 aromatic rings. The zero-order chi connectivity index (χ0) is 17.8. The molecule has 2 unspecified atom stereocenters. The number of hydrogen-bond acceptors (Lipinski definition) is 2. The Morgan fingerprint density at radius 2 is 1.68 bits per heavy atom. The van der Waals surface area contributed by atoms with Crippen LogP contribution in [0.3, 0.4) is 0 Å². The smallest absolute Gasteiger partial charge is 0.228 e. The van der Waals surface area contributed by atoms with Gasteiger partial charge in [-0.15, -0.1) is 0 Å². The first-order valence-corrected chi connectivity index (χ1v) is 8.88. The minimum Gasteiger partial charge on any atom is -0.356 e. The van der Waals surface area contributed by atoms with Crippen LogP contribution in [0.2, 0.25) is 10.0 Å². The third-order valence-corrected chi connectivity index (χ3v) is 4.95. The highest BCUT2D eigenvalue weighted by molar-refractivity contribution is 6.42. The van der Waals surface area contributed by atoms with Gasteiger partial charge in [0.15, 0.2) is 0 Å². The Bertz CT molecular complexity index is 780. The molecule has 1 aliphatic carbocycles. The van der Waals surface area contributed by atoms with Crippen molar-refractivity contribution in [2.45, 2.75) is 12.8 Å². The first-order valence-electron chi connectivity index (χ1n) is 8.12. The molecule has 0 radical (unpaired) electrons. The number of nitrogens with one attached hydrogen (secondary N) is 2. The number of carbonyl (C=O) groups is 2. The standard InChI is InChI=1S/C19H18Cl2N2O2/c20-16-7-6-13(10-17(16)21)23-19(25)15-11-14(15)18(24)22-9-8-12-4-2-1-3-5-12/h1-7,10,14-15H,8-9,11H2,(H,22,24)(H,23,25). The van der Waals surface area contributed by atoms with E-state index in [0.717, 1.165) is 6.42 Å². The quantitative estimate of drug-likeness (QED) is 0.802. The Morgan fingerprint density at radius 3 is 2.40 bits per heavy atom. The average Bonchev–Trinajstić information content (AvgIpc) is 3.40. The summed E-state index contributed by atoms with van der Waals surface area (Å²) in [6.45, 7) is 0.570. The molecule has 0 saturated heterocycles. The molecule has 1 fully saturated rings. The number of carbonyl (C=O) groups excluding carboxylic acids is 2. The minimum atomic E-state index is -0.286. The number of rotatable bonds is 6. The lowest BCUT2D eigenvalue weighted by Crippen LogP contribution is -2.29. The third-order valence-electron chi connectivity index (χ3n) is 4.21. The second kappa shape index (κ2) is 7.89. The average molecular weight is 377 g/mol. The second-order valence-electron chi connectivity index (χ2n) is 6.09. The topological polar surface area (TPSA) is 58.2 Å². The van der Waals surface area contributed by atoms with E-state index >= 15 is 0 Å². The number of anilines is 1. The Hall–Kier alpha value is -2.04. The molecule has 1 saturated carbocycles. The van der Waals surface area contributed by atoms with E-state index in [1.807, 2.05) is 30.3 Å². The van der Waals surface area contributed by atoms with E-state index in [1.165, 1.54) is 5.56 Å². The normalized spacial score (nSPS) is 18.5. The summed E-state index contributed by atoms with van der Waals surface area (Å²) in [5.41, 5.74) is 1.75. The Kier molecular flexibility index (Phi) is 5.61. The fourth-order valence-electron chi connectivity index (χ4n) is 2.69. The summed E-state index contributed by atoms with van der Waals surface area (Å²) in [7, 11) is 0. The zero-order valence-electron chi connectivity index (χ0n) is 13.5. The largest absolute Gasteiger partial charge is 0.356 e. The van der Waals surface area contributed by atoms with Crippen LogP contribution in [0, 0.1) is 11.8 Å². The van der Waals surface area contributed by atoms with Crippen molar-refractivity contribution in [3.63, 3.8) is 0 Å². The summed E-state index contributed by atoms with van der Waals surface area (Å²) in [6.07, 6.45) is 1.35. The zero-order valence-corrected chi connectivity index (χ0v) is 15.0. The van der Waals surface area contributed by atoms with Gasteiger partial charge in [-0.05, 0) is 36.6 Å². The van der Waals surface area contributed by atoms with Gasteiger partial charge in [-0.3, -0.25) is 9.59 Å². The van der Waals surface area contributed by atoms with Gasteiger partial charge >= 0.3 is 0 Å². The predicted octanol–water partition coefficient (Wildman–Crippen LogP) is 3.93. The van der Waals surface area contributed by atoms with E-state index in [1.54, 1.807) is 18.2 Å². The number of hydrogen-bond donors (Lipinski definition) is 2. The fraction of sp³-hybridized carbons (Fsp3) is 0.263. The number of halogens is 2. The molecule has 0 aliphatic heterocycles. The lowest BCUT2D eigenvalue weighted by molar-refractivity contribution is -0.125. The van der Waals surface area contributed by atoms with Gasteiger partial charge in [-0.25, -0.2) is 0 Å². The van der Waals surface area contributed by atoms with Crippen molar-refractivity contribution in [3.05, 3.63) is 64.1 Å². The molecule has 3 rings (SSSR count). The van der Waals surface area contributed by atoms with Crippen LogP contribution in [0.15, 0.2) is 48.5 Å². The highest BCUT2D eigenvalue weighted by atomic mass is 35.5. The third kappa shape index (κ3) is 4.74. The molecular formula is C19H18Cl2N2O2. The molecule has 0 aromatic heterocycles. The molecule has 2 aromatic carbocycles. The van der Waals surface area contributed by atoms with E-state index < -0.39 is 0 Å². The molecule has 2 N–H and O–H groups in total. The molecule has 6 heteroatoms. The molecule has 2 amide bonds. The van der Waals surface area contributed by atoms with Crippen molar-refractivity contribution in [1.82, 2.24) is 5.32 Å². The number of benzene rings is 2. The van der Waals surface area contributed by atoms with Gasteiger partial charge in [0, 0.05) is 12.2 Å². The molecular weight excluding hydrogens is 359 g/mol. The molecule has 25 heavy (non-hydrogen) atoms. The van der Waals surface area contributed by atoms with Crippen LogP contribution in [-0.4, -0.2) is 18.4 Å². The summed E-state index contributed by atoms with van der Waals surface area (Å²) in [5, 5.41) is 6.49. The molecule has 0 spiro atoms. The molecule has 0 bridgehead atoms. The number of amides is 2. The van der Waals surface area contributed by atoms with Gasteiger partial charge in [-0.1, -0.05) is 53.5 Å². The van der Waals surface area contributed by atoms with Crippen molar-refractivity contribution in [2.24, 2.45) is 11.8 Å². The van der Waals surface area contributed by atoms with Gasteiger partial charge < -0.3 is 10.6 Å². The first kappa shape index (κ1) is 17.8. The minimum absolute atomic E-state index is 0.0646. The van der Waals surface area contributed by atoms with E-state index in [-0.39, 0.29) is 23.7 Å². The van der Waals surface area contributed by atoms with Crippen molar-refractivity contribution < 1.29 is 9.59 Å². The van der Waals surface area contributed by atoms with Gasteiger partial charge in [0.25, 0.3) is 0 Å². The molecule has 130 valence electrons. The van der Waals surface area contributed by atoms with Gasteiger partial charge in [0.05, 0.1) is 21.9 Å². The maximum absolute atomic E-state index is 12.2. The second-order valence-corrected chi connectivity index (χ2v) is 6.91. The SMILES string of the molecule is O=C(NCCc1ccccc1)C1CC1C(=O)Nc1ccc(Cl)c(Cl)c1.